The molecular formula is C13H21ClN4O. The van der Waals surface area contributed by atoms with Gasteiger partial charge < -0.3 is 10.6 Å². The zero-order valence-corrected chi connectivity index (χ0v) is 12.4. The predicted octanol–water partition coefficient (Wildman–Crippen LogP) is 1.98. The van der Waals surface area contributed by atoms with Crippen molar-refractivity contribution in [3.05, 3.63) is 22.7 Å². The van der Waals surface area contributed by atoms with E-state index in [1.807, 2.05) is 13.8 Å². The average Bonchev–Trinajstić information content (AvgIpc) is 2.38. The van der Waals surface area contributed by atoms with E-state index in [9.17, 15) is 4.79 Å². The third-order valence-electron chi connectivity index (χ3n) is 2.51. The fraction of sp³-hybridized carbons (Fsp3) is 0.615. The largest absolute Gasteiger partial charge is 0.349 e. The Hall–Kier alpha value is -1.20. The molecule has 0 unspecified atom stereocenters. The Morgan fingerprint density at radius 3 is 2.74 bits per heavy atom. The Morgan fingerprint density at radius 2 is 2.11 bits per heavy atom. The standard InChI is InChI=1S/C13H21ClN4O/c1-4-5-15-6-7-16-13(19)11-10(14)8-17-12(18-11)9(2)3/h8-9,15H,4-7H2,1-3H3,(H,16,19). The molecule has 2 N–H and O–H groups in total. The summed E-state index contributed by atoms with van der Waals surface area (Å²) in [7, 11) is 0. The molecule has 0 bridgehead atoms. The quantitative estimate of drug-likeness (QED) is 0.752. The second-order valence-corrected chi connectivity index (χ2v) is 4.99. The number of rotatable bonds is 7. The van der Waals surface area contributed by atoms with Crippen LogP contribution in [0.15, 0.2) is 6.20 Å². The molecule has 1 aromatic heterocycles. The highest BCUT2D eigenvalue weighted by molar-refractivity contribution is 6.33. The van der Waals surface area contributed by atoms with Crippen LogP contribution in [-0.2, 0) is 0 Å². The molecule has 1 rings (SSSR count). The first-order valence-corrected chi connectivity index (χ1v) is 6.95. The topological polar surface area (TPSA) is 66.9 Å². The molecule has 1 aromatic rings. The van der Waals surface area contributed by atoms with Crippen LogP contribution < -0.4 is 10.6 Å². The molecule has 1 heterocycles. The van der Waals surface area contributed by atoms with Gasteiger partial charge in [0.2, 0.25) is 0 Å². The van der Waals surface area contributed by atoms with Crippen molar-refractivity contribution in [3.63, 3.8) is 0 Å². The molecule has 0 spiro atoms. The lowest BCUT2D eigenvalue weighted by atomic mass is 10.2. The molecule has 19 heavy (non-hydrogen) atoms. The van der Waals surface area contributed by atoms with E-state index in [1.165, 1.54) is 6.20 Å². The fourth-order valence-corrected chi connectivity index (χ4v) is 1.64. The Bertz CT molecular complexity index is 423. The minimum Gasteiger partial charge on any atom is -0.349 e. The van der Waals surface area contributed by atoms with Gasteiger partial charge in [0.15, 0.2) is 0 Å². The summed E-state index contributed by atoms with van der Waals surface area (Å²) in [5, 5.41) is 6.28. The Kier molecular flexibility index (Phi) is 6.73. The van der Waals surface area contributed by atoms with E-state index in [-0.39, 0.29) is 22.5 Å². The number of nitrogens with zero attached hydrogens (tertiary/aromatic N) is 2. The normalized spacial score (nSPS) is 10.8. The predicted molar refractivity (Wildman–Crippen MR) is 76.6 cm³/mol. The maximum Gasteiger partial charge on any atom is 0.271 e. The summed E-state index contributed by atoms with van der Waals surface area (Å²) in [6.07, 6.45) is 2.55. The van der Waals surface area contributed by atoms with Crippen molar-refractivity contribution >= 4 is 17.5 Å². The van der Waals surface area contributed by atoms with Gasteiger partial charge in [-0.3, -0.25) is 4.79 Å². The molecule has 0 aromatic carbocycles. The van der Waals surface area contributed by atoms with Gasteiger partial charge in [-0.25, -0.2) is 9.97 Å². The van der Waals surface area contributed by atoms with Crippen LogP contribution in [0.4, 0.5) is 0 Å². The summed E-state index contributed by atoms with van der Waals surface area (Å²) >= 11 is 5.96. The molecule has 0 fully saturated rings. The van der Waals surface area contributed by atoms with Crippen LogP contribution in [0.2, 0.25) is 5.02 Å². The van der Waals surface area contributed by atoms with Crippen LogP contribution in [0.1, 0.15) is 49.4 Å². The Labute approximate surface area is 119 Å². The van der Waals surface area contributed by atoms with Crippen molar-refractivity contribution < 1.29 is 4.79 Å². The molecule has 0 saturated carbocycles. The summed E-state index contributed by atoms with van der Waals surface area (Å²) in [5.74, 6) is 0.529. The van der Waals surface area contributed by atoms with E-state index < -0.39 is 0 Å². The molecule has 0 radical (unpaired) electrons. The number of halogens is 1. The van der Waals surface area contributed by atoms with Crippen molar-refractivity contribution in [2.75, 3.05) is 19.6 Å². The van der Waals surface area contributed by atoms with Crippen molar-refractivity contribution in [1.82, 2.24) is 20.6 Å². The molecule has 0 aliphatic heterocycles. The smallest absolute Gasteiger partial charge is 0.271 e. The minimum atomic E-state index is -0.257. The van der Waals surface area contributed by atoms with Gasteiger partial charge in [-0.15, -0.1) is 0 Å². The second kappa shape index (κ2) is 8.07. The molecule has 0 aliphatic carbocycles. The number of hydrogen-bond acceptors (Lipinski definition) is 4. The minimum absolute atomic E-state index is 0.162. The van der Waals surface area contributed by atoms with Crippen LogP contribution >= 0.6 is 11.6 Å². The van der Waals surface area contributed by atoms with Crippen LogP contribution in [0.5, 0.6) is 0 Å². The number of amides is 1. The highest BCUT2D eigenvalue weighted by Gasteiger charge is 2.14. The second-order valence-electron chi connectivity index (χ2n) is 4.59. The molecular weight excluding hydrogens is 264 g/mol. The van der Waals surface area contributed by atoms with Gasteiger partial charge in [-0.05, 0) is 13.0 Å². The van der Waals surface area contributed by atoms with Crippen LogP contribution in [-0.4, -0.2) is 35.5 Å². The molecule has 106 valence electrons. The maximum absolute atomic E-state index is 12.0. The molecule has 5 nitrogen and oxygen atoms in total. The summed E-state index contributed by atoms with van der Waals surface area (Å²) in [4.78, 5) is 20.3. The summed E-state index contributed by atoms with van der Waals surface area (Å²) in [6.45, 7) is 8.27. The average molecular weight is 285 g/mol. The number of nitrogens with one attached hydrogen (secondary N) is 2. The van der Waals surface area contributed by atoms with Crippen LogP contribution in [0, 0.1) is 0 Å². The lowest BCUT2D eigenvalue weighted by molar-refractivity contribution is 0.0948. The number of carbonyl (C=O) groups is 1. The van der Waals surface area contributed by atoms with Crippen molar-refractivity contribution in [1.29, 1.82) is 0 Å². The van der Waals surface area contributed by atoms with E-state index in [2.05, 4.69) is 27.5 Å². The lowest BCUT2D eigenvalue weighted by Gasteiger charge is -2.09. The van der Waals surface area contributed by atoms with Gasteiger partial charge in [-0.1, -0.05) is 32.4 Å². The zero-order chi connectivity index (χ0) is 14.3. The van der Waals surface area contributed by atoms with E-state index in [1.54, 1.807) is 0 Å². The Balaban J connectivity index is 2.58. The van der Waals surface area contributed by atoms with Crippen molar-refractivity contribution in [2.24, 2.45) is 0 Å². The molecule has 0 atom stereocenters. The van der Waals surface area contributed by atoms with Crippen molar-refractivity contribution in [2.45, 2.75) is 33.1 Å². The molecule has 1 amide bonds. The first kappa shape index (κ1) is 15.9. The van der Waals surface area contributed by atoms with Gasteiger partial charge in [0.1, 0.15) is 11.5 Å². The first-order chi connectivity index (χ1) is 9.06. The van der Waals surface area contributed by atoms with Crippen molar-refractivity contribution in [3.8, 4) is 0 Å². The number of aromatic nitrogens is 2. The summed E-state index contributed by atoms with van der Waals surface area (Å²) in [5.41, 5.74) is 0.246. The highest BCUT2D eigenvalue weighted by atomic mass is 35.5. The lowest BCUT2D eigenvalue weighted by Crippen LogP contribution is -2.33. The van der Waals surface area contributed by atoms with Gasteiger partial charge >= 0.3 is 0 Å². The first-order valence-electron chi connectivity index (χ1n) is 6.57. The molecule has 0 saturated heterocycles. The molecule has 0 aliphatic rings. The molecule has 6 heteroatoms. The maximum atomic E-state index is 12.0. The van der Waals surface area contributed by atoms with Gasteiger partial charge in [0, 0.05) is 19.0 Å². The van der Waals surface area contributed by atoms with Crippen LogP contribution in [0.3, 0.4) is 0 Å². The van der Waals surface area contributed by atoms with E-state index in [0.717, 1.165) is 19.5 Å². The number of hydrogen-bond donors (Lipinski definition) is 2. The summed E-state index contributed by atoms with van der Waals surface area (Å²) < 4.78 is 0. The number of carbonyl (C=O) groups excluding carboxylic acids is 1. The zero-order valence-electron chi connectivity index (χ0n) is 11.7. The fourth-order valence-electron chi connectivity index (χ4n) is 1.47. The SMILES string of the molecule is CCCNCCNC(=O)c1nc(C(C)C)ncc1Cl. The third-order valence-corrected chi connectivity index (χ3v) is 2.78. The van der Waals surface area contributed by atoms with Gasteiger partial charge in [0.25, 0.3) is 5.91 Å². The van der Waals surface area contributed by atoms with Gasteiger partial charge in [-0.2, -0.15) is 0 Å². The van der Waals surface area contributed by atoms with Gasteiger partial charge in [0.05, 0.1) is 11.2 Å². The monoisotopic (exact) mass is 284 g/mol. The highest BCUT2D eigenvalue weighted by Crippen LogP contribution is 2.15. The van der Waals surface area contributed by atoms with E-state index in [0.29, 0.717) is 12.4 Å². The van der Waals surface area contributed by atoms with E-state index in [4.69, 9.17) is 11.6 Å². The van der Waals surface area contributed by atoms with Crippen LogP contribution in [0.25, 0.3) is 0 Å². The van der Waals surface area contributed by atoms with E-state index >= 15 is 0 Å². The third kappa shape index (κ3) is 5.12. The Morgan fingerprint density at radius 1 is 1.37 bits per heavy atom. The summed E-state index contributed by atoms with van der Waals surface area (Å²) in [6, 6.07) is 0.